The summed E-state index contributed by atoms with van der Waals surface area (Å²) in [4.78, 5) is 22.3. The molecule has 0 heterocycles. The van der Waals surface area contributed by atoms with Crippen LogP contribution < -0.4 is 32.4 Å². The van der Waals surface area contributed by atoms with Crippen molar-refractivity contribution in [2.45, 2.75) is 36.3 Å². The minimum Gasteiger partial charge on any atom is -0.506 e. The lowest BCUT2D eigenvalue weighted by molar-refractivity contribution is -0.384. The van der Waals surface area contributed by atoms with Gasteiger partial charge in [0.25, 0.3) is 5.69 Å². The predicted octanol–water partition coefficient (Wildman–Crippen LogP) is 14.5. The Morgan fingerprint density at radius 2 is 0.887 bits per heavy atom. The van der Waals surface area contributed by atoms with Crippen molar-refractivity contribution in [2.24, 2.45) is 0 Å². The highest BCUT2D eigenvalue weighted by Crippen LogP contribution is 2.57. The number of nitro benzene ring substituents is 1. The number of nitriles is 2. The van der Waals surface area contributed by atoms with Gasteiger partial charge in [0, 0.05) is 12.1 Å². The zero-order valence-electron chi connectivity index (χ0n) is 40.5. The van der Waals surface area contributed by atoms with Crippen LogP contribution in [0.3, 0.4) is 0 Å². The van der Waals surface area contributed by atoms with E-state index in [-0.39, 0.29) is 85.1 Å². The molecule has 26 heteroatoms. The molecule has 0 aromatic heterocycles. The second-order valence-corrected chi connectivity index (χ2v) is 16.6. The SMILES string of the molecule is Nc1cc(C(c2ccc(O)c(N)c2)(C(F)(F)F)C(F)(F)F)ccc1O.[C-]#[N+]c1ccc(Oc2ccc(C(C)(c3ccc(Oc4ccc(C#N)c(C#N)c4)c(N)c3)C(F)(F)F)cc2N)cc1[N+]#[C-].[C-]#[N+]c1ccc([N+](=O)[O-])cc1[N+]#[C-]. The van der Waals surface area contributed by atoms with E-state index in [1.807, 2.05) is 12.1 Å². The highest BCUT2D eigenvalue weighted by molar-refractivity contribution is 5.74. The van der Waals surface area contributed by atoms with E-state index >= 15 is 0 Å². The summed E-state index contributed by atoms with van der Waals surface area (Å²) < 4.78 is 138. The smallest absolute Gasteiger partial charge is 0.411 e. The average Bonchev–Trinajstić information content (AvgIpc) is 3.61. The van der Waals surface area contributed by atoms with Gasteiger partial charge in [0.05, 0.1) is 65.1 Å². The van der Waals surface area contributed by atoms with Crippen molar-refractivity contribution in [1.82, 2.24) is 0 Å². The number of nitrogen functional groups attached to an aromatic ring is 4. The van der Waals surface area contributed by atoms with Gasteiger partial charge in [-0.1, -0.05) is 36.4 Å². The zero-order chi connectivity index (χ0) is 59.7. The van der Waals surface area contributed by atoms with Crippen molar-refractivity contribution in [2.75, 3.05) is 22.9 Å². The third kappa shape index (κ3) is 12.0. The molecule has 7 rings (SSSR count). The van der Waals surface area contributed by atoms with E-state index in [2.05, 4.69) is 19.4 Å². The second-order valence-electron chi connectivity index (χ2n) is 16.6. The molecule has 0 aliphatic heterocycles. The van der Waals surface area contributed by atoms with Crippen LogP contribution in [0.1, 0.15) is 40.3 Å². The maximum absolute atomic E-state index is 14.7. The minimum atomic E-state index is -5.82. The summed E-state index contributed by atoms with van der Waals surface area (Å²) >= 11 is 0. The molecule has 0 aliphatic rings. The molecule has 0 saturated heterocycles. The molecule has 0 spiro atoms. The first kappa shape index (κ1) is 59.5. The molecule has 404 valence electrons. The average molecular weight is 1100 g/mol. The van der Waals surface area contributed by atoms with Crippen LogP contribution >= 0.6 is 0 Å². The Morgan fingerprint density at radius 1 is 0.500 bits per heavy atom. The summed E-state index contributed by atoms with van der Waals surface area (Å²) in [6.07, 6.45) is -16.4. The van der Waals surface area contributed by atoms with Crippen LogP contribution in [-0.4, -0.2) is 33.7 Å². The Hall–Kier alpha value is -11.4. The van der Waals surface area contributed by atoms with Gasteiger partial charge in [-0.15, -0.1) is 0 Å². The molecule has 0 fully saturated rings. The first-order valence-electron chi connectivity index (χ1n) is 21.9. The Bertz CT molecular complexity index is 3630. The van der Waals surface area contributed by atoms with Gasteiger partial charge in [0.2, 0.25) is 11.1 Å². The molecule has 0 radical (unpaired) electrons. The normalized spacial score (nSPS) is 11.8. The van der Waals surface area contributed by atoms with Crippen molar-refractivity contribution in [3.8, 4) is 46.6 Å². The molecule has 1 atom stereocenters. The van der Waals surface area contributed by atoms with Crippen molar-refractivity contribution in [1.29, 1.82) is 10.5 Å². The minimum absolute atomic E-state index is 0.0178. The number of hydrogen-bond donors (Lipinski definition) is 6. The van der Waals surface area contributed by atoms with E-state index in [0.717, 1.165) is 25.1 Å². The molecule has 0 amide bonds. The van der Waals surface area contributed by atoms with Crippen molar-refractivity contribution in [3.63, 3.8) is 0 Å². The summed E-state index contributed by atoms with van der Waals surface area (Å²) in [5.74, 6) is -0.821. The molecule has 17 nitrogen and oxygen atoms in total. The van der Waals surface area contributed by atoms with E-state index in [4.69, 9.17) is 64.0 Å². The highest BCUT2D eigenvalue weighted by atomic mass is 19.4. The number of nitrogens with zero attached hydrogens (tertiary/aromatic N) is 7. The van der Waals surface area contributed by atoms with Gasteiger partial charge in [-0.3, -0.25) is 19.8 Å². The molecule has 0 saturated carbocycles. The van der Waals surface area contributed by atoms with Crippen LogP contribution in [0, 0.1) is 59.1 Å². The number of alkyl halides is 9. The summed E-state index contributed by atoms with van der Waals surface area (Å²) in [5, 5.41) is 47.3. The third-order valence-corrected chi connectivity index (χ3v) is 11.8. The predicted molar refractivity (Wildman–Crippen MR) is 273 cm³/mol. The maximum Gasteiger partial charge on any atom is 0.411 e. The molecule has 1 unspecified atom stereocenters. The Labute approximate surface area is 447 Å². The van der Waals surface area contributed by atoms with Gasteiger partial charge >= 0.3 is 18.5 Å². The summed E-state index contributed by atoms with van der Waals surface area (Å²) in [6.45, 7) is 28.7. The van der Waals surface area contributed by atoms with Gasteiger partial charge in [0.1, 0.15) is 52.1 Å². The summed E-state index contributed by atoms with van der Waals surface area (Å²) in [6, 6.07) is 26.2. The lowest BCUT2D eigenvalue weighted by atomic mass is 9.72. The number of non-ortho nitro benzene ring substituents is 1. The molecule has 7 aromatic carbocycles. The molecule has 0 aliphatic carbocycles. The Balaban J connectivity index is 0.000000259. The van der Waals surface area contributed by atoms with Gasteiger partial charge in [-0.25, -0.2) is 9.69 Å². The standard InChI is InChI=1S/C31H19F3N6O2.C15H12F6N2O2.C8H3N3O2/c1-30(31(32,33)34,20-5-10-28(24(37)13-20)41-22-7-4-18(16-35)19(12-22)17-36)21-6-11-29(25(38)14-21)42-23-8-9-26(39-2)27(15-23)40-3;16-14(17,18)13(15(19,20)21,7-1-3-11(24)9(22)5-7)8-2-4-12(25)10(23)6-8;1-9-7-4-3-6(11(12)13)5-8(7)10-2/h4-15H,37-38H2,1H3;1-6,24-25H,22-23H2;3-5H. The summed E-state index contributed by atoms with van der Waals surface area (Å²) in [5.41, 5.74) is 11.9. The van der Waals surface area contributed by atoms with Gasteiger partial charge in [0.15, 0.2) is 17.1 Å². The molecule has 7 aromatic rings. The number of phenolic OH excluding ortho intramolecular Hbond substituents is 2. The number of aromatic hydroxyl groups is 2. The van der Waals surface area contributed by atoms with Crippen LogP contribution in [0.25, 0.3) is 19.4 Å². The number of ether oxygens (including phenoxy) is 2. The molecule has 0 bridgehead atoms. The summed E-state index contributed by atoms with van der Waals surface area (Å²) in [7, 11) is 0. The van der Waals surface area contributed by atoms with Crippen LogP contribution in [-0.2, 0) is 10.8 Å². The largest absolute Gasteiger partial charge is 0.506 e. The maximum atomic E-state index is 14.7. The number of halogens is 9. The number of phenols is 2. The number of benzene rings is 7. The highest BCUT2D eigenvalue weighted by Gasteiger charge is 2.72. The van der Waals surface area contributed by atoms with E-state index in [0.29, 0.717) is 36.4 Å². The van der Waals surface area contributed by atoms with E-state index < -0.39 is 68.3 Å². The first-order valence-corrected chi connectivity index (χ1v) is 21.9. The number of anilines is 4. The quantitative estimate of drug-likeness (QED) is 0.0197. The fourth-order valence-corrected chi connectivity index (χ4v) is 7.55. The fraction of sp³-hybridized carbons (Fsp3) is 0.111. The van der Waals surface area contributed by atoms with Crippen molar-refractivity contribution >= 4 is 51.2 Å². The number of rotatable bonds is 9. The number of hydrogen-bond acceptors (Lipinski definition) is 12. The van der Waals surface area contributed by atoms with Crippen molar-refractivity contribution < 1.29 is 64.1 Å². The van der Waals surface area contributed by atoms with Crippen molar-refractivity contribution in [3.05, 3.63) is 217 Å². The van der Waals surface area contributed by atoms with Crippen LogP contribution in [0.5, 0.6) is 34.5 Å². The number of nitrogens with two attached hydrogens (primary N) is 4. The van der Waals surface area contributed by atoms with Gasteiger partial charge in [-0.2, -0.15) is 50.0 Å². The van der Waals surface area contributed by atoms with E-state index in [1.54, 1.807) is 0 Å². The fourth-order valence-electron chi connectivity index (χ4n) is 7.55. The molecular weight excluding hydrogens is 1070 g/mol. The topological polar surface area (TPSA) is 271 Å². The van der Waals surface area contributed by atoms with Gasteiger partial charge < -0.3 is 42.6 Å². The van der Waals surface area contributed by atoms with Crippen LogP contribution in [0.2, 0.25) is 0 Å². The lowest BCUT2D eigenvalue weighted by Gasteiger charge is -2.38. The molecule has 80 heavy (non-hydrogen) atoms. The van der Waals surface area contributed by atoms with E-state index in [9.17, 15) is 65.1 Å². The van der Waals surface area contributed by atoms with E-state index in [1.165, 1.54) is 72.8 Å². The molecule has 10 N–H and O–H groups in total. The zero-order valence-corrected chi connectivity index (χ0v) is 40.5. The number of nitro groups is 1. The van der Waals surface area contributed by atoms with Gasteiger partial charge in [-0.05, 0) is 108 Å². The Kier molecular flexibility index (Phi) is 17.3. The van der Waals surface area contributed by atoms with Crippen LogP contribution in [0.4, 0.5) is 90.7 Å². The Morgan fingerprint density at radius 3 is 1.26 bits per heavy atom. The second kappa shape index (κ2) is 23.3. The molecular formula is C54H34F9N11O6. The third-order valence-electron chi connectivity index (χ3n) is 11.8. The van der Waals surface area contributed by atoms with Crippen LogP contribution in [0.15, 0.2) is 127 Å². The lowest BCUT2D eigenvalue weighted by Crippen LogP contribution is -2.54. The monoisotopic (exact) mass is 1100 g/mol. The first-order chi connectivity index (χ1) is 37.4.